The summed E-state index contributed by atoms with van der Waals surface area (Å²) >= 11 is 0. The van der Waals surface area contributed by atoms with Crippen LogP contribution in [0.25, 0.3) is 0 Å². The van der Waals surface area contributed by atoms with Crippen LogP contribution in [0.2, 0.25) is 0 Å². The van der Waals surface area contributed by atoms with E-state index in [2.05, 4.69) is 0 Å². The molecule has 2 N–H and O–H groups in total. The van der Waals surface area contributed by atoms with Gasteiger partial charge in [-0.2, -0.15) is 0 Å². The summed E-state index contributed by atoms with van der Waals surface area (Å²) in [6.07, 6.45) is 0. The van der Waals surface area contributed by atoms with Crippen molar-refractivity contribution in [2.75, 3.05) is 0 Å². The van der Waals surface area contributed by atoms with E-state index in [0.29, 0.717) is 5.56 Å². The normalized spacial score (nSPS) is 12.6. The fourth-order valence-corrected chi connectivity index (χ4v) is 1.95. The monoisotopic (exact) mass is 305 g/mol. The molecule has 0 spiro atoms. The second-order valence-electron chi connectivity index (χ2n) is 4.49. The van der Waals surface area contributed by atoms with Crippen LogP contribution < -0.4 is 5.73 Å². The molecule has 2 rings (SSSR count). The highest BCUT2D eigenvalue weighted by atomic mass is 19.2. The van der Waals surface area contributed by atoms with Crippen molar-refractivity contribution in [1.82, 2.24) is 0 Å². The number of nitrogens with two attached hydrogens (primary N) is 1. The number of hydrogen-bond acceptors (Lipinski definition) is 1. The lowest BCUT2D eigenvalue weighted by Gasteiger charge is -2.17. The van der Waals surface area contributed by atoms with Gasteiger partial charge in [0.1, 0.15) is 5.82 Å². The van der Waals surface area contributed by atoms with Crippen molar-refractivity contribution in [1.29, 1.82) is 0 Å². The molecule has 7 heteroatoms. The van der Waals surface area contributed by atoms with Gasteiger partial charge in [-0.25, -0.2) is 26.3 Å². The molecule has 1 atom stereocenters. The standard InChI is InChI=1S/C14H9F6N/c1-5-2-3-7(15)6(4-5)14(21)8-9(16)11(18)13(20)12(19)10(8)17/h2-4,14H,21H2,1H3. The summed E-state index contributed by atoms with van der Waals surface area (Å²) in [7, 11) is 0. The van der Waals surface area contributed by atoms with E-state index >= 15 is 0 Å². The van der Waals surface area contributed by atoms with E-state index in [0.717, 1.165) is 6.07 Å². The molecule has 21 heavy (non-hydrogen) atoms. The molecule has 0 saturated heterocycles. The first-order valence-corrected chi connectivity index (χ1v) is 5.78. The summed E-state index contributed by atoms with van der Waals surface area (Å²) in [6, 6.07) is 1.73. The van der Waals surface area contributed by atoms with Crippen LogP contribution in [-0.4, -0.2) is 0 Å². The zero-order chi connectivity index (χ0) is 15.9. The average Bonchev–Trinajstić information content (AvgIpc) is 2.45. The molecular formula is C14H9F6N. The van der Waals surface area contributed by atoms with Gasteiger partial charge in [0.25, 0.3) is 0 Å². The van der Waals surface area contributed by atoms with Gasteiger partial charge in [-0.3, -0.25) is 0 Å². The minimum atomic E-state index is -2.29. The van der Waals surface area contributed by atoms with E-state index < -0.39 is 46.5 Å². The van der Waals surface area contributed by atoms with Gasteiger partial charge in [0.15, 0.2) is 23.3 Å². The molecule has 0 heterocycles. The van der Waals surface area contributed by atoms with Crippen molar-refractivity contribution in [2.24, 2.45) is 5.73 Å². The fraction of sp³-hybridized carbons (Fsp3) is 0.143. The van der Waals surface area contributed by atoms with Crippen LogP contribution in [-0.2, 0) is 0 Å². The Morgan fingerprint density at radius 1 is 0.810 bits per heavy atom. The summed E-state index contributed by atoms with van der Waals surface area (Å²) in [6.45, 7) is 1.56. The first-order valence-electron chi connectivity index (χ1n) is 5.78. The SMILES string of the molecule is Cc1ccc(F)c(C(N)c2c(F)c(F)c(F)c(F)c2F)c1. The van der Waals surface area contributed by atoms with Crippen LogP contribution in [0.5, 0.6) is 0 Å². The molecule has 0 bridgehead atoms. The van der Waals surface area contributed by atoms with E-state index in [1.165, 1.54) is 12.1 Å². The minimum Gasteiger partial charge on any atom is -0.320 e. The van der Waals surface area contributed by atoms with Crippen molar-refractivity contribution in [2.45, 2.75) is 13.0 Å². The van der Waals surface area contributed by atoms with E-state index in [9.17, 15) is 26.3 Å². The summed E-state index contributed by atoms with van der Waals surface area (Å²) in [4.78, 5) is 0. The van der Waals surface area contributed by atoms with Crippen molar-refractivity contribution in [3.8, 4) is 0 Å². The van der Waals surface area contributed by atoms with Crippen molar-refractivity contribution >= 4 is 0 Å². The van der Waals surface area contributed by atoms with Crippen molar-refractivity contribution < 1.29 is 26.3 Å². The number of halogens is 6. The molecule has 0 aliphatic rings. The van der Waals surface area contributed by atoms with Crippen molar-refractivity contribution in [3.05, 3.63) is 69.8 Å². The molecule has 0 aromatic heterocycles. The molecule has 0 radical (unpaired) electrons. The maximum atomic E-state index is 13.7. The lowest BCUT2D eigenvalue weighted by Crippen LogP contribution is -2.20. The Kier molecular flexibility index (Phi) is 3.95. The number of benzene rings is 2. The third kappa shape index (κ3) is 2.49. The maximum Gasteiger partial charge on any atom is 0.200 e. The Morgan fingerprint density at radius 3 is 1.81 bits per heavy atom. The number of rotatable bonds is 2. The molecule has 2 aromatic carbocycles. The van der Waals surface area contributed by atoms with E-state index in [4.69, 9.17) is 5.73 Å². The fourth-order valence-electron chi connectivity index (χ4n) is 1.95. The summed E-state index contributed by atoms with van der Waals surface area (Å²) in [5.74, 6) is -11.6. The third-order valence-electron chi connectivity index (χ3n) is 3.04. The van der Waals surface area contributed by atoms with Gasteiger partial charge < -0.3 is 5.73 Å². The molecule has 0 aliphatic carbocycles. The third-order valence-corrected chi connectivity index (χ3v) is 3.04. The molecule has 112 valence electrons. The Labute approximate surface area is 116 Å². The zero-order valence-electron chi connectivity index (χ0n) is 10.7. The van der Waals surface area contributed by atoms with Gasteiger partial charge in [-0.05, 0) is 13.0 Å². The molecule has 0 fully saturated rings. The molecule has 2 aromatic rings. The van der Waals surface area contributed by atoms with Gasteiger partial charge in [0.05, 0.1) is 11.6 Å². The van der Waals surface area contributed by atoms with Crippen LogP contribution in [0, 0.1) is 41.8 Å². The molecule has 1 unspecified atom stereocenters. The van der Waals surface area contributed by atoms with Gasteiger partial charge >= 0.3 is 0 Å². The van der Waals surface area contributed by atoms with Crippen LogP contribution in [0.3, 0.4) is 0 Å². The maximum absolute atomic E-state index is 13.7. The van der Waals surface area contributed by atoms with E-state index in [1.807, 2.05) is 0 Å². The van der Waals surface area contributed by atoms with E-state index in [-0.39, 0.29) is 5.56 Å². The topological polar surface area (TPSA) is 26.0 Å². The molecule has 0 amide bonds. The first-order chi connectivity index (χ1) is 9.75. The summed E-state index contributed by atoms with van der Waals surface area (Å²) < 4.78 is 80.2. The van der Waals surface area contributed by atoms with Gasteiger partial charge in [0.2, 0.25) is 5.82 Å². The quantitative estimate of drug-likeness (QED) is 0.508. The zero-order valence-corrected chi connectivity index (χ0v) is 10.7. The van der Waals surface area contributed by atoms with Crippen LogP contribution in [0.15, 0.2) is 18.2 Å². The second kappa shape index (κ2) is 5.40. The number of hydrogen-bond donors (Lipinski definition) is 1. The van der Waals surface area contributed by atoms with Gasteiger partial charge in [0, 0.05) is 5.56 Å². The van der Waals surface area contributed by atoms with E-state index in [1.54, 1.807) is 6.92 Å². The predicted molar refractivity (Wildman–Crippen MR) is 63.4 cm³/mol. The lowest BCUT2D eigenvalue weighted by molar-refractivity contribution is 0.366. The van der Waals surface area contributed by atoms with Gasteiger partial charge in [-0.1, -0.05) is 17.7 Å². The molecule has 0 saturated carbocycles. The summed E-state index contributed by atoms with van der Waals surface area (Å²) in [5, 5.41) is 0. The molecular weight excluding hydrogens is 296 g/mol. The highest BCUT2D eigenvalue weighted by Crippen LogP contribution is 2.31. The highest BCUT2D eigenvalue weighted by molar-refractivity contribution is 5.37. The molecule has 1 nitrogen and oxygen atoms in total. The minimum absolute atomic E-state index is 0.363. The average molecular weight is 305 g/mol. The first kappa shape index (κ1) is 15.4. The smallest absolute Gasteiger partial charge is 0.200 e. The predicted octanol–water partition coefficient (Wildman–Crippen LogP) is 3.88. The Balaban J connectivity index is 2.69. The highest BCUT2D eigenvalue weighted by Gasteiger charge is 2.30. The van der Waals surface area contributed by atoms with Crippen LogP contribution >= 0.6 is 0 Å². The lowest BCUT2D eigenvalue weighted by atomic mass is 9.96. The Hall–Kier alpha value is -2.02. The molecule has 0 aliphatic heterocycles. The summed E-state index contributed by atoms with van der Waals surface area (Å²) in [5.41, 5.74) is 4.39. The number of aryl methyl sites for hydroxylation is 1. The Morgan fingerprint density at radius 2 is 1.29 bits per heavy atom. The largest absolute Gasteiger partial charge is 0.320 e. The second-order valence-corrected chi connectivity index (χ2v) is 4.49. The van der Waals surface area contributed by atoms with Gasteiger partial charge in [-0.15, -0.1) is 0 Å². The van der Waals surface area contributed by atoms with Crippen LogP contribution in [0.4, 0.5) is 26.3 Å². The Bertz CT molecular complexity index is 684. The van der Waals surface area contributed by atoms with Crippen LogP contribution in [0.1, 0.15) is 22.7 Å². The van der Waals surface area contributed by atoms with Crippen molar-refractivity contribution in [3.63, 3.8) is 0 Å².